The van der Waals surface area contributed by atoms with Gasteiger partial charge in [0.05, 0.1) is 17.1 Å². The van der Waals surface area contributed by atoms with E-state index in [0.717, 1.165) is 5.69 Å². The Hall–Kier alpha value is -4.15. The minimum Gasteiger partial charge on any atom is -0.372 e. The minimum atomic E-state index is -4.06. The van der Waals surface area contributed by atoms with Gasteiger partial charge in [0.15, 0.2) is 11.6 Å². The first-order chi connectivity index (χ1) is 18.3. The molecule has 2 aromatic heterocycles. The smallest absolute Gasteiger partial charge is 0.264 e. The average molecular weight is 553 g/mol. The number of hydrogen-bond donors (Lipinski definition) is 2. The van der Waals surface area contributed by atoms with Crippen LogP contribution in [0.2, 0.25) is 0 Å². The monoisotopic (exact) mass is 552 g/mol. The fourth-order valence-corrected chi connectivity index (χ4v) is 4.37. The molecule has 0 saturated heterocycles. The zero-order valence-corrected chi connectivity index (χ0v) is 23.4. The van der Waals surface area contributed by atoms with Crippen molar-refractivity contribution in [3.8, 4) is 11.9 Å². The largest absolute Gasteiger partial charge is 0.372 e. The molecule has 2 N–H and O–H groups in total. The predicted octanol–water partition coefficient (Wildman–Crippen LogP) is 4.91. The maximum Gasteiger partial charge on any atom is 0.264 e. The second-order valence-corrected chi connectivity index (χ2v) is 11.4. The number of benzene rings is 1. The molecule has 0 unspecified atom stereocenters. The highest BCUT2D eigenvalue weighted by Crippen LogP contribution is 2.36. The lowest BCUT2D eigenvalue weighted by molar-refractivity contribution is -0.114. The molecule has 0 bridgehead atoms. The van der Waals surface area contributed by atoms with Gasteiger partial charge in [-0.15, -0.1) is 10.2 Å². The number of nitrogens with zero attached hydrogens (tertiary/aromatic N) is 7. The van der Waals surface area contributed by atoms with E-state index in [2.05, 4.69) is 31.7 Å². The lowest BCUT2D eigenvalue weighted by Crippen LogP contribution is -2.25. The minimum absolute atomic E-state index is 0.208. The molecule has 0 fully saturated rings. The van der Waals surface area contributed by atoms with Gasteiger partial charge in [-0.05, 0) is 43.7 Å². The molecule has 0 aliphatic carbocycles. The molecule has 2 heterocycles. The van der Waals surface area contributed by atoms with Crippen LogP contribution in [0.1, 0.15) is 52.3 Å². The Morgan fingerprint density at radius 3 is 2.54 bits per heavy atom. The number of carbonyl (C=O) groups is 1. The number of carbonyl (C=O) groups excluding carboxylic acids is 1. The number of amides is 1. The van der Waals surface area contributed by atoms with E-state index in [4.69, 9.17) is 4.55 Å². The van der Waals surface area contributed by atoms with Crippen LogP contribution in [0.3, 0.4) is 0 Å². The third-order valence-electron chi connectivity index (χ3n) is 5.67. The van der Waals surface area contributed by atoms with E-state index < -0.39 is 15.5 Å². The van der Waals surface area contributed by atoms with Crippen molar-refractivity contribution in [3.63, 3.8) is 0 Å². The van der Waals surface area contributed by atoms with Gasteiger partial charge in [0.25, 0.3) is 10.1 Å². The van der Waals surface area contributed by atoms with Crippen molar-refractivity contribution in [1.82, 2.24) is 14.8 Å². The first-order valence-electron chi connectivity index (χ1n) is 12.3. The Balaban J connectivity index is 2.06. The Morgan fingerprint density at radius 1 is 1.23 bits per heavy atom. The fourth-order valence-electron chi connectivity index (χ4n) is 3.87. The van der Waals surface area contributed by atoms with Crippen LogP contribution in [-0.4, -0.2) is 52.5 Å². The molecular formula is C26H32N8O4S. The SMILES string of the molecule is CCN(CCCS(=O)(=O)O)c1ccc(/N=N/c2c(C#N)c(C(C)(C)C)nn2-c2ccccn2)c(NC(C)=O)c1. The van der Waals surface area contributed by atoms with Gasteiger partial charge >= 0.3 is 0 Å². The van der Waals surface area contributed by atoms with Crippen molar-refractivity contribution >= 4 is 38.9 Å². The summed E-state index contributed by atoms with van der Waals surface area (Å²) in [6, 6.07) is 12.7. The molecule has 39 heavy (non-hydrogen) atoms. The molecule has 1 amide bonds. The molecular weight excluding hydrogens is 520 g/mol. The highest BCUT2D eigenvalue weighted by Gasteiger charge is 2.28. The maximum atomic E-state index is 12.0. The van der Waals surface area contributed by atoms with Crippen LogP contribution in [0.4, 0.5) is 22.9 Å². The van der Waals surface area contributed by atoms with E-state index in [1.54, 1.807) is 42.6 Å². The van der Waals surface area contributed by atoms with E-state index in [1.165, 1.54) is 11.6 Å². The summed E-state index contributed by atoms with van der Waals surface area (Å²) in [4.78, 5) is 18.2. The highest BCUT2D eigenvalue weighted by atomic mass is 32.2. The van der Waals surface area contributed by atoms with Gasteiger partial charge in [0.2, 0.25) is 5.91 Å². The topological polar surface area (TPSA) is 166 Å². The highest BCUT2D eigenvalue weighted by molar-refractivity contribution is 7.85. The maximum absolute atomic E-state index is 12.0. The fraction of sp³-hybridized carbons (Fsp3) is 0.385. The number of nitrogens with one attached hydrogen (secondary N) is 1. The molecule has 0 radical (unpaired) electrons. The quantitative estimate of drug-likeness (QED) is 0.264. The third kappa shape index (κ3) is 7.68. The number of rotatable bonds is 10. The van der Waals surface area contributed by atoms with Gasteiger partial charge in [-0.1, -0.05) is 26.8 Å². The zero-order chi connectivity index (χ0) is 28.8. The van der Waals surface area contributed by atoms with E-state index in [1.807, 2.05) is 32.6 Å². The van der Waals surface area contributed by atoms with Crippen LogP contribution < -0.4 is 10.2 Å². The Bertz CT molecular complexity index is 1500. The second-order valence-electron chi connectivity index (χ2n) is 9.81. The zero-order valence-electron chi connectivity index (χ0n) is 22.6. The van der Waals surface area contributed by atoms with Crippen LogP contribution in [0.25, 0.3) is 5.82 Å². The molecule has 3 aromatic rings. The molecule has 3 rings (SSSR count). The Kier molecular flexibility index (Phi) is 9.15. The molecule has 0 aliphatic rings. The number of hydrogen-bond acceptors (Lipinski definition) is 9. The van der Waals surface area contributed by atoms with Crippen molar-refractivity contribution in [1.29, 1.82) is 5.26 Å². The van der Waals surface area contributed by atoms with Crippen molar-refractivity contribution in [2.75, 3.05) is 29.1 Å². The summed E-state index contributed by atoms with van der Waals surface area (Å²) in [5.41, 5.74) is 1.82. The summed E-state index contributed by atoms with van der Waals surface area (Å²) in [5.74, 6) is 0.0128. The van der Waals surface area contributed by atoms with Gasteiger partial charge < -0.3 is 10.2 Å². The van der Waals surface area contributed by atoms with E-state index in [-0.39, 0.29) is 29.5 Å². The van der Waals surface area contributed by atoms with E-state index in [0.29, 0.717) is 36.0 Å². The molecule has 0 spiro atoms. The molecule has 0 atom stereocenters. The molecule has 13 heteroatoms. The number of pyridine rings is 1. The molecule has 0 aliphatic heterocycles. The predicted molar refractivity (Wildman–Crippen MR) is 149 cm³/mol. The summed E-state index contributed by atoms with van der Waals surface area (Å²) < 4.78 is 32.7. The van der Waals surface area contributed by atoms with E-state index >= 15 is 0 Å². The van der Waals surface area contributed by atoms with Crippen molar-refractivity contribution in [3.05, 3.63) is 53.9 Å². The molecule has 1 aromatic carbocycles. The normalized spacial score (nSPS) is 11.9. The second kappa shape index (κ2) is 12.1. The summed E-state index contributed by atoms with van der Waals surface area (Å²) in [6.45, 7) is 10.1. The lowest BCUT2D eigenvalue weighted by atomic mass is 9.90. The van der Waals surface area contributed by atoms with Crippen LogP contribution in [-0.2, 0) is 20.3 Å². The summed E-state index contributed by atoms with van der Waals surface area (Å²) in [7, 11) is -4.06. The first-order valence-corrected chi connectivity index (χ1v) is 13.9. The van der Waals surface area contributed by atoms with Gasteiger partial charge in [-0.3, -0.25) is 9.35 Å². The Labute approximate surface area is 228 Å². The van der Waals surface area contributed by atoms with Gasteiger partial charge in [-0.25, -0.2) is 4.98 Å². The number of anilines is 2. The van der Waals surface area contributed by atoms with Crippen molar-refractivity contribution in [2.45, 2.75) is 46.5 Å². The molecule has 0 saturated carbocycles. The Morgan fingerprint density at radius 2 is 1.97 bits per heavy atom. The van der Waals surface area contributed by atoms with Crippen molar-refractivity contribution in [2.24, 2.45) is 10.2 Å². The average Bonchev–Trinajstić information content (AvgIpc) is 3.24. The summed E-state index contributed by atoms with van der Waals surface area (Å²) >= 11 is 0. The van der Waals surface area contributed by atoms with Gasteiger partial charge in [0, 0.05) is 37.3 Å². The van der Waals surface area contributed by atoms with Gasteiger partial charge in [0.1, 0.15) is 17.3 Å². The molecule has 12 nitrogen and oxygen atoms in total. The van der Waals surface area contributed by atoms with Crippen LogP contribution in [0.5, 0.6) is 0 Å². The standard InChI is InChI=1S/C26H32N8O4S/c1-6-33(14-9-15-39(36,37)38)19-11-12-21(22(16-19)29-18(2)35)30-31-25-20(17-27)24(26(3,4)5)32-34(25)23-10-7-8-13-28-23/h7-8,10-13,16H,6,9,14-15H2,1-5H3,(H,29,35)(H,36,37,38)/b31-30+. The number of nitriles is 1. The first kappa shape index (κ1) is 29.4. The van der Waals surface area contributed by atoms with E-state index in [9.17, 15) is 18.5 Å². The van der Waals surface area contributed by atoms with Crippen LogP contribution >= 0.6 is 0 Å². The van der Waals surface area contributed by atoms with Crippen molar-refractivity contribution < 1.29 is 17.8 Å². The third-order valence-corrected chi connectivity index (χ3v) is 6.47. The molecule has 206 valence electrons. The summed E-state index contributed by atoms with van der Waals surface area (Å²) in [6.07, 6.45) is 1.85. The number of azo groups is 1. The van der Waals surface area contributed by atoms with Crippen LogP contribution in [0, 0.1) is 11.3 Å². The number of aromatic nitrogens is 3. The van der Waals surface area contributed by atoms with Crippen LogP contribution in [0.15, 0.2) is 52.8 Å². The summed E-state index contributed by atoms with van der Waals surface area (Å²) in [5, 5.41) is 26.2. The lowest BCUT2D eigenvalue weighted by Gasteiger charge is -2.24. The van der Waals surface area contributed by atoms with Gasteiger partial charge in [-0.2, -0.15) is 23.5 Å².